The van der Waals surface area contributed by atoms with Gasteiger partial charge in [0.25, 0.3) is 0 Å². The predicted molar refractivity (Wildman–Crippen MR) is 131 cm³/mol. The standard InChI is InChI=1S/C22H29Cl2F3N2O3S.ClH/c1-2-13-33(31,32)29-11-9-28(10-12-29)21(5-7-22(26,27)8-6-21)4-3-20(30)16-14-19(25)18(24)15-17(16)23;/h14-15H,2-13H2,1H3;1H. The van der Waals surface area contributed by atoms with Crippen LogP contribution in [-0.2, 0) is 10.0 Å². The summed E-state index contributed by atoms with van der Waals surface area (Å²) >= 11 is 11.8. The number of carbonyl (C=O) groups is 1. The molecular weight excluding hydrogens is 536 g/mol. The van der Waals surface area contributed by atoms with Crippen LogP contribution >= 0.6 is 35.6 Å². The molecule has 0 amide bonds. The molecule has 5 nitrogen and oxygen atoms in total. The molecular formula is C22H30Cl3F3N2O3S. The van der Waals surface area contributed by atoms with Crippen molar-refractivity contribution in [2.24, 2.45) is 0 Å². The molecule has 1 heterocycles. The number of hydrogen-bond acceptors (Lipinski definition) is 4. The number of benzene rings is 1. The topological polar surface area (TPSA) is 57.7 Å². The second-order valence-corrected chi connectivity index (χ2v) is 11.9. The van der Waals surface area contributed by atoms with Gasteiger partial charge in [-0.05, 0) is 37.8 Å². The molecule has 1 aliphatic heterocycles. The highest BCUT2D eigenvalue weighted by Gasteiger charge is 2.47. The molecule has 0 N–H and O–H groups in total. The number of Topliss-reactive ketones (excluding diaryl/α,β-unsaturated/α-hetero) is 1. The molecule has 1 aromatic rings. The zero-order valence-corrected chi connectivity index (χ0v) is 22.1. The van der Waals surface area contributed by atoms with Gasteiger partial charge in [0.05, 0.1) is 15.8 Å². The molecule has 0 spiro atoms. The maximum absolute atomic E-state index is 14.0. The van der Waals surface area contributed by atoms with Gasteiger partial charge in [-0.25, -0.2) is 21.6 Å². The van der Waals surface area contributed by atoms with E-state index in [1.807, 2.05) is 0 Å². The summed E-state index contributed by atoms with van der Waals surface area (Å²) in [7, 11) is -3.33. The molecule has 0 atom stereocenters. The first kappa shape index (κ1) is 29.6. The number of halogens is 6. The Hall–Kier alpha value is -0.580. The smallest absolute Gasteiger partial charge is 0.248 e. The third-order valence-electron chi connectivity index (χ3n) is 6.80. The van der Waals surface area contributed by atoms with Crippen LogP contribution in [0, 0.1) is 5.82 Å². The Labute approximate surface area is 215 Å². The van der Waals surface area contributed by atoms with E-state index in [1.165, 1.54) is 10.4 Å². The Balaban J connectivity index is 0.00000408. The first-order valence-corrected chi connectivity index (χ1v) is 13.5. The predicted octanol–water partition coefficient (Wildman–Crippen LogP) is 5.82. The lowest BCUT2D eigenvalue weighted by atomic mass is 9.74. The van der Waals surface area contributed by atoms with Crippen LogP contribution < -0.4 is 0 Å². The molecule has 0 bridgehead atoms. The second kappa shape index (κ2) is 11.6. The van der Waals surface area contributed by atoms with Gasteiger partial charge in [0.2, 0.25) is 15.9 Å². The molecule has 0 aromatic heterocycles. The first-order valence-electron chi connectivity index (χ1n) is 11.2. The maximum Gasteiger partial charge on any atom is 0.248 e. The number of alkyl halides is 2. The minimum absolute atomic E-state index is 0. The van der Waals surface area contributed by atoms with Crippen molar-refractivity contribution in [3.8, 4) is 0 Å². The lowest BCUT2D eigenvalue weighted by Crippen LogP contribution is -2.60. The van der Waals surface area contributed by atoms with Crippen molar-refractivity contribution in [3.05, 3.63) is 33.6 Å². The van der Waals surface area contributed by atoms with Crippen molar-refractivity contribution in [1.82, 2.24) is 9.21 Å². The highest BCUT2D eigenvalue weighted by Crippen LogP contribution is 2.44. The Morgan fingerprint density at radius 2 is 1.62 bits per heavy atom. The molecule has 194 valence electrons. The van der Waals surface area contributed by atoms with E-state index in [1.54, 1.807) is 6.92 Å². The summed E-state index contributed by atoms with van der Waals surface area (Å²) in [5.41, 5.74) is -0.625. The normalized spacial score (nSPS) is 21.1. The number of hydrogen-bond donors (Lipinski definition) is 0. The number of rotatable bonds is 8. The van der Waals surface area contributed by atoms with Gasteiger partial charge in [-0.3, -0.25) is 9.69 Å². The molecule has 1 saturated heterocycles. The zero-order valence-electron chi connectivity index (χ0n) is 19.0. The van der Waals surface area contributed by atoms with E-state index in [0.717, 1.165) is 6.07 Å². The summed E-state index contributed by atoms with van der Waals surface area (Å²) in [5.74, 6) is -3.79. The van der Waals surface area contributed by atoms with Crippen LogP contribution in [0.3, 0.4) is 0 Å². The molecule has 1 saturated carbocycles. The second-order valence-electron chi connectivity index (χ2n) is 8.95. The number of sulfonamides is 1. The van der Waals surface area contributed by atoms with E-state index in [9.17, 15) is 26.4 Å². The van der Waals surface area contributed by atoms with Crippen molar-refractivity contribution < 1.29 is 26.4 Å². The summed E-state index contributed by atoms with van der Waals surface area (Å²) < 4.78 is 68.1. The van der Waals surface area contributed by atoms with Crippen molar-refractivity contribution in [2.45, 2.75) is 63.3 Å². The van der Waals surface area contributed by atoms with Crippen LogP contribution in [0.5, 0.6) is 0 Å². The van der Waals surface area contributed by atoms with Gasteiger partial charge in [0, 0.05) is 56.5 Å². The molecule has 2 aliphatic rings. The van der Waals surface area contributed by atoms with Gasteiger partial charge < -0.3 is 0 Å². The lowest BCUT2D eigenvalue weighted by Gasteiger charge is -2.51. The first-order chi connectivity index (χ1) is 15.4. The van der Waals surface area contributed by atoms with Gasteiger partial charge in [-0.15, -0.1) is 12.4 Å². The van der Waals surface area contributed by atoms with Crippen molar-refractivity contribution in [1.29, 1.82) is 0 Å². The Kier molecular flexibility index (Phi) is 10.2. The van der Waals surface area contributed by atoms with Crippen molar-refractivity contribution in [3.63, 3.8) is 0 Å². The van der Waals surface area contributed by atoms with Crippen LogP contribution in [0.25, 0.3) is 0 Å². The fourth-order valence-electron chi connectivity index (χ4n) is 4.85. The summed E-state index contributed by atoms with van der Waals surface area (Å²) in [6, 6.07) is 2.19. The number of carbonyl (C=O) groups excluding carboxylic acids is 1. The third kappa shape index (κ3) is 6.79. The van der Waals surface area contributed by atoms with E-state index >= 15 is 0 Å². The largest absolute Gasteiger partial charge is 0.295 e. The van der Waals surface area contributed by atoms with Crippen molar-refractivity contribution in [2.75, 3.05) is 31.9 Å². The number of nitrogens with zero attached hydrogens (tertiary/aromatic N) is 2. The summed E-state index contributed by atoms with van der Waals surface area (Å²) in [6.45, 7) is 3.23. The van der Waals surface area contributed by atoms with Crippen LogP contribution in [0.4, 0.5) is 13.2 Å². The summed E-state index contributed by atoms with van der Waals surface area (Å²) in [4.78, 5) is 14.9. The van der Waals surface area contributed by atoms with Gasteiger partial charge in [-0.2, -0.15) is 4.31 Å². The molecule has 34 heavy (non-hydrogen) atoms. The molecule has 12 heteroatoms. The van der Waals surface area contributed by atoms with Crippen LogP contribution in [-0.4, -0.2) is 66.8 Å². The fraction of sp³-hybridized carbons (Fsp3) is 0.682. The molecule has 0 radical (unpaired) electrons. The van der Waals surface area contributed by atoms with Gasteiger partial charge in [0.15, 0.2) is 5.78 Å². The highest BCUT2D eigenvalue weighted by atomic mass is 35.5. The summed E-state index contributed by atoms with van der Waals surface area (Å²) in [6.07, 6.45) is 0.690. The lowest BCUT2D eigenvalue weighted by molar-refractivity contribution is -0.0891. The molecule has 0 unspecified atom stereocenters. The number of ketones is 1. The van der Waals surface area contributed by atoms with E-state index in [-0.39, 0.29) is 71.7 Å². The van der Waals surface area contributed by atoms with Gasteiger partial charge in [-0.1, -0.05) is 30.1 Å². The van der Waals surface area contributed by atoms with E-state index in [2.05, 4.69) is 4.90 Å². The molecule has 3 rings (SSSR count). The Bertz CT molecular complexity index is 977. The quantitative estimate of drug-likeness (QED) is 0.294. The molecule has 1 aromatic carbocycles. The Morgan fingerprint density at radius 3 is 2.18 bits per heavy atom. The van der Waals surface area contributed by atoms with Crippen molar-refractivity contribution >= 4 is 51.4 Å². The maximum atomic E-state index is 14.0. The third-order valence-corrected chi connectivity index (χ3v) is 9.48. The average molecular weight is 566 g/mol. The van der Waals surface area contributed by atoms with Crippen LogP contribution in [0.15, 0.2) is 12.1 Å². The minimum atomic E-state index is -3.33. The highest BCUT2D eigenvalue weighted by molar-refractivity contribution is 7.89. The fourth-order valence-corrected chi connectivity index (χ4v) is 6.83. The SMILES string of the molecule is CCCS(=O)(=O)N1CCN(C2(CCC(=O)c3cc(F)c(Cl)cc3Cl)CCC(F)(F)CC2)CC1.Cl. The van der Waals surface area contributed by atoms with E-state index in [4.69, 9.17) is 23.2 Å². The van der Waals surface area contributed by atoms with E-state index in [0.29, 0.717) is 39.0 Å². The van der Waals surface area contributed by atoms with E-state index < -0.39 is 27.3 Å². The Morgan fingerprint density at radius 1 is 1.03 bits per heavy atom. The van der Waals surface area contributed by atoms with Gasteiger partial charge >= 0.3 is 0 Å². The van der Waals surface area contributed by atoms with Crippen LogP contribution in [0.2, 0.25) is 10.0 Å². The average Bonchev–Trinajstić information content (AvgIpc) is 2.76. The van der Waals surface area contributed by atoms with Gasteiger partial charge in [0.1, 0.15) is 5.82 Å². The minimum Gasteiger partial charge on any atom is -0.295 e. The summed E-state index contributed by atoms with van der Waals surface area (Å²) in [5, 5.41) is -0.135. The molecule has 1 aliphatic carbocycles. The van der Waals surface area contributed by atoms with Crippen LogP contribution in [0.1, 0.15) is 62.2 Å². The monoisotopic (exact) mass is 564 g/mol. The number of piperazine rings is 1. The zero-order chi connectivity index (χ0) is 24.4. The molecule has 2 fully saturated rings.